The number of amides is 1. The number of para-hydroxylation sites is 1. The van der Waals surface area contributed by atoms with E-state index < -0.39 is 5.25 Å². The standard InChI is InChI=1S/C20H19N5O2S2/c1-12-16(20(27)25(24(12)3)14-7-5-4-6-8-14)23-17(26)13(2)29-19-15-9-10-28-18(15)21-11-22-19/h4-11,13H,1-3H3,(H,23,26)/t13-/m0/s1. The summed E-state index contributed by atoms with van der Waals surface area (Å²) >= 11 is 2.89. The molecule has 0 bridgehead atoms. The summed E-state index contributed by atoms with van der Waals surface area (Å²) in [7, 11) is 1.80. The molecule has 9 heteroatoms. The number of thioether (sulfide) groups is 1. The van der Waals surface area contributed by atoms with Crippen molar-refractivity contribution < 1.29 is 4.79 Å². The van der Waals surface area contributed by atoms with Gasteiger partial charge >= 0.3 is 0 Å². The van der Waals surface area contributed by atoms with Gasteiger partial charge in [-0.15, -0.1) is 11.3 Å². The number of carbonyl (C=O) groups is 1. The van der Waals surface area contributed by atoms with Crippen LogP contribution in [-0.2, 0) is 11.8 Å². The van der Waals surface area contributed by atoms with Crippen molar-refractivity contribution in [2.75, 3.05) is 5.32 Å². The number of benzene rings is 1. The molecular weight excluding hydrogens is 406 g/mol. The third kappa shape index (κ3) is 3.58. The summed E-state index contributed by atoms with van der Waals surface area (Å²) in [4.78, 5) is 35.2. The van der Waals surface area contributed by atoms with E-state index in [1.165, 1.54) is 29.4 Å². The van der Waals surface area contributed by atoms with Gasteiger partial charge in [-0.25, -0.2) is 14.6 Å². The topological polar surface area (TPSA) is 81.8 Å². The van der Waals surface area contributed by atoms with E-state index >= 15 is 0 Å². The Labute approximate surface area is 175 Å². The van der Waals surface area contributed by atoms with E-state index in [1.54, 1.807) is 23.3 Å². The second kappa shape index (κ2) is 7.84. The van der Waals surface area contributed by atoms with Gasteiger partial charge in [0.25, 0.3) is 5.56 Å². The van der Waals surface area contributed by atoms with Crippen molar-refractivity contribution in [2.24, 2.45) is 7.05 Å². The highest BCUT2D eigenvalue weighted by Gasteiger charge is 2.22. The molecule has 0 radical (unpaired) electrons. The number of hydrogen-bond acceptors (Lipinski definition) is 6. The van der Waals surface area contributed by atoms with Crippen molar-refractivity contribution in [1.29, 1.82) is 0 Å². The predicted molar refractivity (Wildman–Crippen MR) is 117 cm³/mol. The molecule has 0 aliphatic heterocycles. The van der Waals surface area contributed by atoms with E-state index in [0.29, 0.717) is 5.69 Å². The summed E-state index contributed by atoms with van der Waals surface area (Å²) in [5.41, 5.74) is 1.46. The van der Waals surface area contributed by atoms with Crippen molar-refractivity contribution in [3.63, 3.8) is 0 Å². The lowest BCUT2D eigenvalue weighted by atomic mass is 10.3. The van der Waals surface area contributed by atoms with Gasteiger partial charge in [0.1, 0.15) is 21.9 Å². The molecule has 7 nitrogen and oxygen atoms in total. The van der Waals surface area contributed by atoms with Crippen LogP contribution >= 0.6 is 23.1 Å². The van der Waals surface area contributed by atoms with Crippen LogP contribution in [0, 0.1) is 6.92 Å². The largest absolute Gasteiger partial charge is 0.319 e. The molecule has 0 unspecified atom stereocenters. The normalized spacial score (nSPS) is 12.2. The highest BCUT2D eigenvalue weighted by molar-refractivity contribution is 8.00. The van der Waals surface area contributed by atoms with Crippen molar-refractivity contribution in [1.82, 2.24) is 19.3 Å². The van der Waals surface area contributed by atoms with Crippen LogP contribution in [0.15, 0.2) is 57.9 Å². The minimum atomic E-state index is -0.433. The van der Waals surface area contributed by atoms with Crippen molar-refractivity contribution in [2.45, 2.75) is 24.1 Å². The van der Waals surface area contributed by atoms with E-state index in [1.807, 2.05) is 48.7 Å². The fourth-order valence-electron chi connectivity index (χ4n) is 3.02. The Hall–Kier alpha value is -2.91. The van der Waals surface area contributed by atoms with Crippen LogP contribution in [0.3, 0.4) is 0 Å². The summed E-state index contributed by atoms with van der Waals surface area (Å²) in [5.74, 6) is -0.247. The van der Waals surface area contributed by atoms with Crippen LogP contribution in [0.25, 0.3) is 15.9 Å². The van der Waals surface area contributed by atoms with E-state index in [0.717, 1.165) is 20.9 Å². The lowest BCUT2D eigenvalue weighted by Gasteiger charge is -2.11. The highest BCUT2D eigenvalue weighted by atomic mass is 32.2. The van der Waals surface area contributed by atoms with E-state index in [-0.39, 0.29) is 17.2 Å². The lowest BCUT2D eigenvalue weighted by Crippen LogP contribution is -2.27. The molecule has 4 rings (SSSR count). The zero-order valence-corrected chi connectivity index (χ0v) is 17.8. The molecule has 1 aromatic carbocycles. The molecule has 0 fully saturated rings. The molecule has 148 valence electrons. The Balaban J connectivity index is 1.58. The minimum absolute atomic E-state index is 0.247. The van der Waals surface area contributed by atoms with Gasteiger partial charge in [-0.3, -0.25) is 14.3 Å². The highest BCUT2D eigenvalue weighted by Crippen LogP contribution is 2.30. The van der Waals surface area contributed by atoms with Gasteiger partial charge in [0.15, 0.2) is 0 Å². The maximum Gasteiger partial charge on any atom is 0.295 e. The van der Waals surface area contributed by atoms with Crippen LogP contribution in [0.2, 0.25) is 0 Å². The van der Waals surface area contributed by atoms with Crippen molar-refractivity contribution in [3.05, 3.63) is 64.2 Å². The second-order valence-corrected chi connectivity index (χ2v) is 8.73. The fraction of sp³-hybridized carbons (Fsp3) is 0.200. The van der Waals surface area contributed by atoms with Gasteiger partial charge in [-0.2, -0.15) is 0 Å². The number of hydrogen-bond donors (Lipinski definition) is 1. The Kier molecular flexibility index (Phi) is 5.25. The Bertz CT molecular complexity index is 1240. The molecule has 4 aromatic rings. The number of aromatic nitrogens is 4. The number of nitrogens with one attached hydrogen (secondary N) is 1. The number of fused-ring (bicyclic) bond motifs is 1. The molecule has 1 amide bonds. The van der Waals surface area contributed by atoms with E-state index in [4.69, 9.17) is 0 Å². The Morgan fingerprint density at radius 2 is 1.97 bits per heavy atom. The lowest BCUT2D eigenvalue weighted by molar-refractivity contribution is -0.115. The molecule has 0 aliphatic rings. The third-order valence-electron chi connectivity index (χ3n) is 4.69. The summed E-state index contributed by atoms with van der Waals surface area (Å²) < 4.78 is 3.28. The Morgan fingerprint density at radius 3 is 2.72 bits per heavy atom. The predicted octanol–water partition coefficient (Wildman–Crippen LogP) is 3.61. The smallest absolute Gasteiger partial charge is 0.295 e. The number of thiophene rings is 1. The van der Waals surface area contributed by atoms with E-state index in [9.17, 15) is 9.59 Å². The van der Waals surface area contributed by atoms with Crippen LogP contribution in [-0.4, -0.2) is 30.5 Å². The summed E-state index contributed by atoms with van der Waals surface area (Å²) in [6, 6.07) is 11.3. The van der Waals surface area contributed by atoms with Gasteiger partial charge in [0.05, 0.1) is 16.6 Å². The van der Waals surface area contributed by atoms with Gasteiger partial charge in [0, 0.05) is 12.4 Å². The van der Waals surface area contributed by atoms with Crippen molar-refractivity contribution in [3.8, 4) is 5.69 Å². The van der Waals surface area contributed by atoms with Gasteiger partial charge in [0.2, 0.25) is 5.91 Å². The van der Waals surface area contributed by atoms with Gasteiger partial charge in [-0.05, 0) is 37.4 Å². The van der Waals surface area contributed by atoms with Gasteiger partial charge in [-0.1, -0.05) is 30.0 Å². The zero-order chi connectivity index (χ0) is 20.5. The Morgan fingerprint density at radius 1 is 1.21 bits per heavy atom. The summed E-state index contributed by atoms with van der Waals surface area (Å²) in [6.45, 7) is 3.61. The number of nitrogens with zero attached hydrogens (tertiary/aromatic N) is 4. The van der Waals surface area contributed by atoms with Crippen molar-refractivity contribution >= 4 is 44.9 Å². The maximum absolute atomic E-state index is 13.0. The number of rotatable bonds is 5. The van der Waals surface area contributed by atoms with Crippen LogP contribution < -0.4 is 10.9 Å². The first kappa shape index (κ1) is 19.4. The molecule has 0 saturated carbocycles. The number of carbonyl (C=O) groups excluding carboxylic acids is 1. The molecule has 1 atom stereocenters. The van der Waals surface area contributed by atoms with Crippen LogP contribution in [0.5, 0.6) is 0 Å². The van der Waals surface area contributed by atoms with Crippen LogP contribution in [0.4, 0.5) is 5.69 Å². The number of anilines is 1. The molecule has 3 heterocycles. The molecule has 0 saturated heterocycles. The molecule has 29 heavy (non-hydrogen) atoms. The maximum atomic E-state index is 13.0. The molecule has 0 aliphatic carbocycles. The minimum Gasteiger partial charge on any atom is -0.319 e. The second-order valence-electron chi connectivity index (χ2n) is 6.50. The fourth-order valence-corrected chi connectivity index (χ4v) is 4.72. The molecular formula is C20H19N5O2S2. The first-order valence-corrected chi connectivity index (χ1v) is 10.7. The average Bonchev–Trinajstić information content (AvgIpc) is 3.28. The first-order chi connectivity index (χ1) is 14.0. The average molecular weight is 426 g/mol. The quantitative estimate of drug-likeness (QED) is 0.390. The zero-order valence-electron chi connectivity index (χ0n) is 16.1. The summed E-state index contributed by atoms with van der Waals surface area (Å²) in [5, 5.41) is 6.03. The van der Waals surface area contributed by atoms with E-state index in [2.05, 4.69) is 15.3 Å². The SMILES string of the molecule is Cc1c(NC(=O)[C@H](C)Sc2ncnc3sccc23)c(=O)n(-c2ccccc2)n1C. The molecule has 0 spiro atoms. The van der Waals surface area contributed by atoms with Gasteiger partial charge < -0.3 is 5.32 Å². The first-order valence-electron chi connectivity index (χ1n) is 8.97. The monoisotopic (exact) mass is 425 g/mol. The third-order valence-corrected chi connectivity index (χ3v) is 6.62. The molecule has 1 N–H and O–H groups in total. The molecule has 3 aromatic heterocycles. The van der Waals surface area contributed by atoms with Crippen LogP contribution in [0.1, 0.15) is 12.6 Å². The summed E-state index contributed by atoms with van der Waals surface area (Å²) in [6.07, 6.45) is 1.51.